The highest BCUT2D eigenvalue weighted by atomic mass is 32.2. The Morgan fingerprint density at radius 1 is 1.23 bits per heavy atom. The number of ether oxygens (including phenoxy) is 2. The fourth-order valence-corrected chi connectivity index (χ4v) is 3.28. The number of nitrogens with zero attached hydrogens (tertiary/aromatic N) is 2. The predicted molar refractivity (Wildman–Crippen MR) is 101 cm³/mol. The second-order valence-electron chi connectivity index (χ2n) is 5.78. The van der Waals surface area contributed by atoms with Gasteiger partial charge in [-0.2, -0.15) is 18.3 Å². The van der Waals surface area contributed by atoms with Gasteiger partial charge in [0.15, 0.2) is 16.5 Å². The van der Waals surface area contributed by atoms with E-state index in [1.807, 2.05) is 12.3 Å². The van der Waals surface area contributed by atoms with Crippen molar-refractivity contribution in [3.8, 4) is 11.5 Å². The van der Waals surface area contributed by atoms with Crippen LogP contribution < -0.4 is 14.9 Å². The number of halogens is 3. The van der Waals surface area contributed by atoms with Gasteiger partial charge in [-0.25, -0.2) is 18.8 Å². The molecule has 1 aromatic heterocycles. The van der Waals surface area contributed by atoms with E-state index in [-0.39, 0.29) is 0 Å². The average molecular weight is 445 g/mol. The second kappa shape index (κ2) is 9.57. The van der Waals surface area contributed by atoms with E-state index in [4.69, 9.17) is 9.47 Å². The Hall–Kier alpha value is -3.15. The van der Waals surface area contributed by atoms with E-state index < -0.39 is 38.3 Å². The maximum absolute atomic E-state index is 12.5. The van der Waals surface area contributed by atoms with Crippen molar-refractivity contribution < 1.29 is 35.9 Å². The minimum absolute atomic E-state index is 0.391. The van der Waals surface area contributed by atoms with Crippen LogP contribution in [0, 0.1) is 0 Å². The van der Waals surface area contributed by atoms with Crippen LogP contribution in [0.1, 0.15) is 18.1 Å². The van der Waals surface area contributed by atoms with E-state index in [9.17, 15) is 26.4 Å². The molecule has 0 saturated heterocycles. The average Bonchev–Trinajstić information content (AvgIpc) is 2.68. The zero-order chi connectivity index (χ0) is 22.4. The Labute approximate surface area is 170 Å². The molecule has 2 rings (SSSR count). The largest absolute Gasteiger partial charge is 0.493 e. The third-order valence-electron chi connectivity index (χ3n) is 3.59. The van der Waals surface area contributed by atoms with Crippen molar-refractivity contribution in [1.29, 1.82) is 0 Å². The molecular weight excluding hydrogens is 427 g/mol. The van der Waals surface area contributed by atoms with Crippen LogP contribution in [0.2, 0.25) is 0 Å². The number of aromatic nitrogens is 1. The lowest BCUT2D eigenvalue weighted by atomic mass is 10.2. The van der Waals surface area contributed by atoms with Crippen LogP contribution in [-0.2, 0) is 20.8 Å². The quantitative estimate of drug-likeness (QED) is 0.494. The van der Waals surface area contributed by atoms with Crippen LogP contribution in [0.4, 0.5) is 13.2 Å². The van der Waals surface area contributed by atoms with Crippen molar-refractivity contribution in [2.75, 3.05) is 19.5 Å². The monoisotopic (exact) mass is 445 g/mol. The van der Waals surface area contributed by atoms with Gasteiger partial charge in [-0.05, 0) is 42.8 Å². The first kappa shape index (κ1) is 23.1. The van der Waals surface area contributed by atoms with Gasteiger partial charge in [-0.3, -0.25) is 4.79 Å². The van der Waals surface area contributed by atoms with Crippen molar-refractivity contribution in [3.05, 3.63) is 47.7 Å². The lowest BCUT2D eigenvalue weighted by Gasteiger charge is -2.09. The molecule has 0 atom stereocenters. The van der Waals surface area contributed by atoms with Crippen LogP contribution in [0.15, 0.2) is 46.7 Å². The Kier molecular flexibility index (Phi) is 7.38. The number of sulfone groups is 1. The number of alkyl halides is 3. The molecule has 0 aliphatic carbocycles. The highest BCUT2D eigenvalue weighted by Gasteiger charge is 2.31. The van der Waals surface area contributed by atoms with Crippen molar-refractivity contribution in [1.82, 2.24) is 10.4 Å². The predicted octanol–water partition coefficient (Wildman–Crippen LogP) is 2.43. The Morgan fingerprint density at radius 2 is 1.97 bits per heavy atom. The first-order chi connectivity index (χ1) is 14.1. The molecule has 1 amide bonds. The van der Waals surface area contributed by atoms with Crippen molar-refractivity contribution in [3.63, 3.8) is 0 Å². The van der Waals surface area contributed by atoms with Crippen LogP contribution >= 0.6 is 0 Å². The number of rotatable bonds is 8. The van der Waals surface area contributed by atoms with E-state index in [1.165, 1.54) is 13.3 Å². The number of pyridine rings is 1. The van der Waals surface area contributed by atoms with Crippen LogP contribution in [-0.4, -0.2) is 45.0 Å². The van der Waals surface area contributed by atoms with E-state index in [1.54, 1.807) is 18.2 Å². The summed E-state index contributed by atoms with van der Waals surface area (Å²) in [7, 11) is -2.78. The molecule has 12 heteroatoms. The number of hydrogen-bond acceptors (Lipinski definition) is 7. The molecule has 0 unspecified atom stereocenters. The molecule has 0 bridgehead atoms. The molecule has 0 saturated carbocycles. The van der Waals surface area contributed by atoms with Crippen LogP contribution in [0.25, 0.3) is 0 Å². The highest BCUT2D eigenvalue weighted by molar-refractivity contribution is 7.92. The summed E-state index contributed by atoms with van der Waals surface area (Å²) in [5.74, 6) is -1.04. The molecule has 0 fully saturated rings. The molecular formula is C18H18F3N3O5S. The topological polar surface area (TPSA) is 107 Å². The summed E-state index contributed by atoms with van der Waals surface area (Å²) >= 11 is 0. The summed E-state index contributed by atoms with van der Waals surface area (Å²) in [6.45, 7) is 2.26. The van der Waals surface area contributed by atoms with Gasteiger partial charge in [0.05, 0.1) is 25.5 Å². The fourth-order valence-electron chi connectivity index (χ4n) is 2.23. The Balaban J connectivity index is 2.01. The molecule has 8 nitrogen and oxygen atoms in total. The van der Waals surface area contributed by atoms with Gasteiger partial charge >= 0.3 is 6.18 Å². The molecule has 2 aromatic rings. The van der Waals surface area contributed by atoms with Crippen LogP contribution in [0.3, 0.4) is 0 Å². The van der Waals surface area contributed by atoms with Gasteiger partial charge in [0.2, 0.25) is 9.84 Å². The molecule has 30 heavy (non-hydrogen) atoms. The molecule has 0 spiro atoms. The summed E-state index contributed by atoms with van der Waals surface area (Å²) in [5.41, 5.74) is 1.49. The van der Waals surface area contributed by atoms with Gasteiger partial charge in [-0.1, -0.05) is 0 Å². The van der Waals surface area contributed by atoms with Crippen molar-refractivity contribution in [2.45, 2.75) is 18.1 Å². The molecule has 1 heterocycles. The molecule has 162 valence electrons. The zero-order valence-electron chi connectivity index (χ0n) is 15.9. The van der Waals surface area contributed by atoms with Gasteiger partial charge in [0.25, 0.3) is 5.91 Å². The summed E-state index contributed by atoms with van der Waals surface area (Å²) in [6.07, 6.45) is -2.99. The SMILES string of the molecule is CCOc1ccc(C=NNC(=O)CS(=O)(=O)c2ccc(C(F)(F)F)cn2)cc1OC. The number of benzene rings is 1. The van der Waals surface area contributed by atoms with Gasteiger partial charge in [0, 0.05) is 6.20 Å². The van der Waals surface area contributed by atoms with Crippen molar-refractivity contribution in [2.24, 2.45) is 5.10 Å². The minimum Gasteiger partial charge on any atom is -0.493 e. The first-order valence-corrected chi connectivity index (χ1v) is 10.1. The normalized spacial score (nSPS) is 12.0. The van der Waals surface area contributed by atoms with E-state index in [0.29, 0.717) is 42.0 Å². The number of methoxy groups -OCH3 is 1. The summed E-state index contributed by atoms with van der Waals surface area (Å²) in [6, 6.07) is 6.16. The van der Waals surface area contributed by atoms with Crippen molar-refractivity contribution >= 4 is 22.0 Å². The number of hydrazone groups is 1. The number of carbonyl (C=O) groups excluding carboxylic acids is 1. The minimum atomic E-state index is -4.65. The van der Waals surface area contributed by atoms with E-state index in [2.05, 4.69) is 10.1 Å². The molecule has 0 radical (unpaired) electrons. The van der Waals surface area contributed by atoms with Gasteiger partial charge in [-0.15, -0.1) is 0 Å². The Bertz CT molecular complexity index is 1020. The first-order valence-electron chi connectivity index (χ1n) is 8.45. The number of amides is 1. The standard InChI is InChI=1S/C18H18F3N3O5S/c1-3-29-14-6-4-12(8-15(14)28-2)9-23-24-16(25)11-30(26,27)17-7-5-13(10-22-17)18(19,20)21/h4-10H,3,11H2,1-2H3,(H,24,25). The maximum Gasteiger partial charge on any atom is 0.417 e. The molecule has 0 aliphatic rings. The fraction of sp³-hybridized carbons (Fsp3) is 0.278. The summed E-state index contributed by atoms with van der Waals surface area (Å²) in [5, 5.41) is 3.01. The zero-order valence-corrected chi connectivity index (χ0v) is 16.7. The lowest BCUT2D eigenvalue weighted by Crippen LogP contribution is -2.27. The maximum atomic E-state index is 12.5. The smallest absolute Gasteiger partial charge is 0.417 e. The third-order valence-corrected chi connectivity index (χ3v) is 5.11. The number of carbonyl (C=O) groups is 1. The van der Waals surface area contributed by atoms with E-state index >= 15 is 0 Å². The summed E-state index contributed by atoms with van der Waals surface area (Å²) < 4.78 is 72.4. The molecule has 1 N–H and O–H groups in total. The molecule has 1 aromatic carbocycles. The van der Waals surface area contributed by atoms with E-state index in [0.717, 1.165) is 0 Å². The number of hydrogen-bond donors (Lipinski definition) is 1. The van der Waals surface area contributed by atoms with Crippen LogP contribution in [0.5, 0.6) is 11.5 Å². The van der Waals surface area contributed by atoms with Gasteiger partial charge < -0.3 is 9.47 Å². The third kappa shape index (κ3) is 6.17. The lowest BCUT2D eigenvalue weighted by molar-refractivity contribution is -0.137. The highest BCUT2D eigenvalue weighted by Crippen LogP contribution is 2.29. The Morgan fingerprint density at radius 3 is 2.53 bits per heavy atom. The number of nitrogens with one attached hydrogen (secondary N) is 1. The summed E-state index contributed by atoms with van der Waals surface area (Å²) in [4.78, 5) is 15.1. The molecule has 0 aliphatic heterocycles. The van der Waals surface area contributed by atoms with Gasteiger partial charge in [0.1, 0.15) is 5.75 Å². The second-order valence-corrected chi connectivity index (χ2v) is 7.71.